The molecule has 3 fully saturated rings. The van der Waals surface area contributed by atoms with E-state index in [-0.39, 0.29) is 0 Å². The molecule has 3 nitrogen and oxygen atoms in total. The van der Waals surface area contributed by atoms with Crippen molar-refractivity contribution < 1.29 is 0 Å². The maximum atomic E-state index is 3.79. The van der Waals surface area contributed by atoms with Crippen molar-refractivity contribution in [2.75, 3.05) is 32.7 Å². The zero-order chi connectivity index (χ0) is 14.5. The van der Waals surface area contributed by atoms with Gasteiger partial charge in [-0.3, -0.25) is 4.90 Å². The van der Waals surface area contributed by atoms with Crippen LogP contribution in [0.1, 0.15) is 64.7 Å². The fourth-order valence-electron chi connectivity index (χ4n) is 4.80. The molecule has 122 valence electrons. The zero-order valence-electron chi connectivity index (χ0n) is 14.0. The predicted molar refractivity (Wildman–Crippen MR) is 89.7 cm³/mol. The molecule has 0 saturated carbocycles. The van der Waals surface area contributed by atoms with Crippen LogP contribution in [0.5, 0.6) is 0 Å². The van der Waals surface area contributed by atoms with Gasteiger partial charge in [0.2, 0.25) is 0 Å². The number of nitrogens with one attached hydrogen (secondary N) is 1. The van der Waals surface area contributed by atoms with Gasteiger partial charge < -0.3 is 10.2 Å². The van der Waals surface area contributed by atoms with Crippen LogP contribution in [0.3, 0.4) is 0 Å². The van der Waals surface area contributed by atoms with Crippen LogP contribution in [0.4, 0.5) is 0 Å². The molecule has 2 unspecified atom stereocenters. The van der Waals surface area contributed by atoms with E-state index in [1.54, 1.807) is 0 Å². The number of fused-ring (bicyclic) bond motifs is 2. The summed E-state index contributed by atoms with van der Waals surface area (Å²) in [6.45, 7) is 8.84. The van der Waals surface area contributed by atoms with E-state index in [2.05, 4.69) is 22.0 Å². The SMILES string of the molecule is CCCNC1CC2CCCC(C1)N2CCN1CCCCC1. The highest BCUT2D eigenvalue weighted by Crippen LogP contribution is 2.33. The average Bonchev–Trinajstić information content (AvgIpc) is 2.51. The highest BCUT2D eigenvalue weighted by molar-refractivity contribution is 4.95. The van der Waals surface area contributed by atoms with Crippen LogP contribution in [0, 0.1) is 0 Å². The van der Waals surface area contributed by atoms with E-state index in [0.29, 0.717) is 0 Å². The summed E-state index contributed by atoms with van der Waals surface area (Å²) in [5.41, 5.74) is 0. The molecule has 21 heavy (non-hydrogen) atoms. The van der Waals surface area contributed by atoms with Crippen molar-refractivity contribution in [1.82, 2.24) is 15.1 Å². The predicted octanol–water partition coefficient (Wildman–Crippen LogP) is 2.86. The Bertz CT molecular complexity index is 287. The van der Waals surface area contributed by atoms with Gasteiger partial charge in [-0.05, 0) is 64.6 Å². The van der Waals surface area contributed by atoms with Crippen LogP contribution < -0.4 is 5.32 Å². The molecule has 3 saturated heterocycles. The lowest BCUT2D eigenvalue weighted by molar-refractivity contribution is 0.0159. The number of piperidine rings is 3. The van der Waals surface area contributed by atoms with Crippen LogP contribution >= 0.6 is 0 Å². The van der Waals surface area contributed by atoms with Crippen molar-refractivity contribution in [1.29, 1.82) is 0 Å². The molecule has 3 heterocycles. The van der Waals surface area contributed by atoms with Gasteiger partial charge in [0.15, 0.2) is 0 Å². The van der Waals surface area contributed by atoms with Crippen molar-refractivity contribution in [3.63, 3.8) is 0 Å². The first-order chi connectivity index (χ1) is 10.4. The monoisotopic (exact) mass is 293 g/mol. The molecule has 3 aliphatic heterocycles. The summed E-state index contributed by atoms with van der Waals surface area (Å²) >= 11 is 0. The summed E-state index contributed by atoms with van der Waals surface area (Å²) in [4.78, 5) is 5.60. The molecule has 0 aromatic carbocycles. The second-order valence-corrected chi connectivity index (χ2v) is 7.50. The van der Waals surface area contributed by atoms with E-state index in [0.717, 1.165) is 18.1 Å². The summed E-state index contributed by atoms with van der Waals surface area (Å²) in [5, 5.41) is 3.79. The van der Waals surface area contributed by atoms with Crippen LogP contribution in [0.15, 0.2) is 0 Å². The van der Waals surface area contributed by atoms with E-state index < -0.39 is 0 Å². The summed E-state index contributed by atoms with van der Waals surface area (Å²) in [6.07, 6.45) is 12.7. The van der Waals surface area contributed by atoms with E-state index in [4.69, 9.17) is 0 Å². The summed E-state index contributed by atoms with van der Waals surface area (Å²) in [5.74, 6) is 0. The highest BCUT2D eigenvalue weighted by Gasteiger charge is 2.37. The average molecular weight is 293 g/mol. The van der Waals surface area contributed by atoms with E-state index in [1.165, 1.54) is 90.5 Å². The van der Waals surface area contributed by atoms with Crippen LogP contribution in [-0.4, -0.2) is 60.6 Å². The largest absolute Gasteiger partial charge is 0.314 e. The van der Waals surface area contributed by atoms with Gasteiger partial charge >= 0.3 is 0 Å². The van der Waals surface area contributed by atoms with Gasteiger partial charge in [-0.2, -0.15) is 0 Å². The van der Waals surface area contributed by atoms with Crippen LogP contribution in [0.2, 0.25) is 0 Å². The van der Waals surface area contributed by atoms with Crippen molar-refractivity contribution >= 4 is 0 Å². The fourth-order valence-corrected chi connectivity index (χ4v) is 4.80. The number of rotatable bonds is 6. The molecule has 3 heteroatoms. The van der Waals surface area contributed by atoms with Crippen LogP contribution in [0.25, 0.3) is 0 Å². The maximum absolute atomic E-state index is 3.79. The minimum absolute atomic E-state index is 0.798. The lowest BCUT2D eigenvalue weighted by atomic mass is 9.81. The minimum atomic E-state index is 0.798. The number of likely N-dealkylation sites (tertiary alicyclic amines) is 1. The van der Waals surface area contributed by atoms with Crippen molar-refractivity contribution in [2.24, 2.45) is 0 Å². The maximum Gasteiger partial charge on any atom is 0.0115 e. The third-order valence-electron chi connectivity index (χ3n) is 5.93. The first-order valence-electron chi connectivity index (χ1n) is 9.58. The molecule has 0 aromatic rings. The van der Waals surface area contributed by atoms with E-state index in [1.807, 2.05) is 0 Å². The molecule has 0 aliphatic carbocycles. The van der Waals surface area contributed by atoms with Gasteiger partial charge in [0.05, 0.1) is 0 Å². The zero-order valence-corrected chi connectivity index (χ0v) is 14.0. The van der Waals surface area contributed by atoms with Crippen LogP contribution in [-0.2, 0) is 0 Å². The van der Waals surface area contributed by atoms with Crippen molar-refractivity contribution in [2.45, 2.75) is 82.8 Å². The molecule has 0 amide bonds. The van der Waals surface area contributed by atoms with Gasteiger partial charge in [-0.1, -0.05) is 19.8 Å². The Hall–Kier alpha value is -0.120. The van der Waals surface area contributed by atoms with Gasteiger partial charge in [0, 0.05) is 31.2 Å². The summed E-state index contributed by atoms with van der Waals surface area (Å²) < 4.78 is 0. The second-order valence-electron chi connectivity index (χ2n) is 7.50. The fraction of sp³-hybridized carbons (Fsp3) is 1.00. The molecular weight excluding hydrogens is 258 g/mol. The third kappa shape index (κ3) is 4.20. The van der Waals surface area contributed by atoms with Gasteiger partial charge in [-0.15, -0.1) is 0 Å². The van der Waals surface area contributed by atoms with Crippen molar-refractivity contribution in [3.8, 4) is 0 Å². The Morgan fingerprint density at radius 3 is 2.29 bits per heavy atom. The molecule has 2 atom stereocenters. The number of hydrogen-bond donors (Lipinski definition) is 1. The molecule has 1 N–H and O–H groups in total. The molecule has 0 aromatic heterocycles. The Labute approximate surface area is 131 Å². The Morgan fingerprint density at radius 2 is 1.62 bits per heavy atom. The highest BCUT2D eigenvalue weighted by atomic mass is 15.2. The van der Waals surface area contributed by atoms with Gasteiger partial charge in [0.1, 0.15) is 0 Å². The van der Waals surface area contributed by atoms with E-state index in [9.17, 15) is 0 Å². The molecule has 0 spiro atoms. The van der Waals surface area contributed by atoms with Crippen molar-refractivity contribution in [3.05, 3.63) is 0 Å². The smallest absolute Gasteiger partial charge is 0.0115 e. The Balaban J connectivity index is 1.48. The minimum Gasteiger partial charge on any atom is -0.314 e. The third-order valence-corrected chi connectivity index (χ3v) is 5.93. The topological polar surface area (TPSA) is 18.5 Å². The standard InChI is InChI=1S/C18H35N3/c1-2-9-19-16-14-17-7-6-8-18(15-16)21(17)13-12-20-10-4-3-5-11-20/h16-19H,2-15H2,1H3. The Kier molecular flexibility index (Phi) is 5.96. The second kappa shape index (κ2) is 7.94. The first kappa shape index (κ1) is 15.8. The number of nitrogens with zero attached hydrogens (tertiary/aromatic N) is 2. The quantitative estimate of drug-likeness (QED) is 0.812. The van der Waals surface area contributed by atoms with Gasteiger partial charge in [0.25, 0.3) is 0 Å². The van der Waals surface area contributed by atoms with Gasteiger partial charge in [-0.25, -0.2) is 0 Å². The lowest BCUT2D eigenvalue weighted by Crippen LogP contribution is -2.57. The lowest BCUT2D eigenvalue weighted by Gasteiger charge is -2.49. The first-order valence-corrected chi connectivity index (χ1v) is 9.58. The molecule has 0 radical (unpaired) electrons. The summed E-state index contributed by atoms with van der Waals surface area (Å²) in [7, 11) is 0. The van der Waals surface area contributed by atoms with E-state index >= 15 is 0 Å². The molecule has 3 rings (SSSR count). The summed E-state index contributed by atoms with van der Waals surface area (Å²) in [6, 6.07) is 2.54. The normalized spacial score (nSPS) is 35.0. The molecule has 2 bridgehead atoms. The molecule has 3 aliphatic rings. The molecular formula is C18H35N3. The number of hydrogen-bond acceptors (Lipinski definition) is 3. The Morgan fingerprint density at radius 1 is 0.905 bits per heavy atom.